The second kappa shape index (κ2) is 24.5. The molecule has 4 fully saturated rings. The molecule has 38 nitrogen and oxygen atoms in total. The number of phosphoric acid groups is 3. The zero-order chi connectivity index (χ0) is 59.3. The second-order valence-electron chi connectivity index (χ2n) is 18.3. The van der Waals surface area contributed by atoms with E-state index in [-0.39, 0.29) is 28.3 Å². The van der Waals surface area contributed by atoms with Gasteiger partial charge >= 0.3 is 53.0 Å². The highest BCUT2D eigenvalue weighted by atomic mass is 32.7. The van der Waals surface area contributed by atoms with Gasteiger partial charge in [0.25, 0.3) is 16.7 Å². The highest BCUT2D eigenvalue weighted by molar-refractivity contribution is 8.55. The summed E-state index contributed by atoms with van der Waals surface area (Å²) < 4.78 is 109. The van der Waals surface area contributed by atoms with Gasteiger partial charge in [-0.25, -0.2) is 37.4 Å². The molecule has 8 heterocycles. The monoisotopic (exact) mass is 1250 g/mol. The maximum Gasteiger partial charge on any atom is 0.472 e. The molecular weight excluding hydrogens is 1200 g/mol. The number of hydrogen-bond donors (Lipinski definition) is 12. The number of nitrogens with zero attached hydrogens (tertiary/aromatic N) is 5. The molecule has 43 heteroatoms. The summed E-state index contributed by atoms with van der Waals surface area (Å²) in [5.41, 5.74) is -0.836. The molecule has 0 amide bonds. The van der Waals surface area contributed by atoms with E-state index in [1.165, 1.54) is 13.8 Å². The van der Waals surface area contributed by atoms with Crippen LogP contribution in [0.4, 0.5) is 5.82 Å². The molecule has 81 heavy (non-hydrogen) atoms. The van der Waals surface area contributed by atoms with Crippen LogP contribution in [0, 0.1) is 13.8 Å². The fourth-order valence-corrected chi connectivity index (χ4v) is 14.2. The average molecular weight is 1250 g/mol. The maximum atomic E-state index is 14.0. The van der Waals surface area contributed by atoms with E-state index in [4.69, 9.17) is 47.3 Å². The summed E-state index contributed by atoms with van der Waals surface area (Å²) in [6.45, 7) is -6.72. The summed E-state index contributed by atoms with van der Waals surface area (Å²) >= 11 is -0.0552. The minimum Gasteiger partial charge on any atom is -0.389 e. The number of aryl methyl sites for hydroxylation is 2. The van der Waals surface area contributed by atoms with Gasteiger partial charge in [-0.3, -0.25) is 74.7 Å². The lowest BCUT2D eigenvalue weighted by atomic mass is 10.1. The lowest BCUT2D eigenvalue weighted by Gasteiger charge is -2.25. The van der Waals surface area contributed by atoms with Gasteiger partial charge in [-0.05, 0) is 31.3 Å². The van der Waals surface area contributed by atoms with Gasteiger partial charge in [0.15, 0.2) is 12.5 Å². The van der Waals surface area contributed by atoms with Gasteiger partial charge in [-0.1, -0.05) is 0 Å². The largest absolute Gasteiger partial charge is 0.472 e. The molecule has 4 aromatic heterocycles. The third-order valence-corrected chi connectivity index (χ3v) is 18.4. The SMILES string of the molecule is Cc1cn([C@H]2C[C@H](OP(=O)(O)OC[C@H]3O[C@@H](n4ccc(=O)[nH]c4=O)[C@H](O)[C@@H]3O)[C@@H](COP(=O)(O)S[C@@H]3[C@H](O)[C@@H](COP(=O)(O)O[C@H]4C[C@H](n5cc(C)c(=O)[nH]c5=O)O[C@@H]4CO[32P](=O)(O)O)O[C@H]3n3ccc(N)nc3=O)O2)c(=O)[nH]c1=O. The molecule has 448 valence electrons. The van der Waals surface area contributed by atoms with E-state index in [9.17, 15) is 91.6 Å². The fraction of sp³-hybridized carbons (Fsp3) is 0.579. The van der Waals surface area contributed by atoms with Crippen molar-refractivity contribution in [3.05, 3.63) is 121 Å². The third kappa shape index (κ3) is 15.0. The van der Waals surface area contributed by atoms with Crippen molar-refractivity contribution < 1.29 is 104 Å². The molecule has 8 rings (SSSR count). The number of H-pyrrole nitrogens is 3. The predicted octanol–water partition coefficient (Wildman–Crippen LogP) is -4.12. The molecular formula is C38H51N9O29P4S. The number of phosphoric ester groups is 3. The van der Waals surface area contributed by atoms with Gasteiger partial charge < -0.3 is 64.5 Å². The Morgan fingerprint density at radius 1 is 0.605 bits per heavy atom. The van der Waals surface area contributed by atoms with Crippen LogP contribution in [0.2, 0.25) is 0 Å². The zero-order valence-electron chi connectivity index (χ0n) is 41.5. The van der Waals surface area contributed by atoms with Gasteiger partial charge in [0, 0.05) is 54.8 Å². The number of aliphatic hydroxyl groups excluding tert-OH is 3. The van der Waals surface area contributed by atoms with Gasteiger partial charge in [0.2, 0.25) is 0 Å². The van der Waals surface area contributed by atoms with E-state index in [0.717, 1.165) is 50.6 Å². The Hall–Kier alpha value is -4.73. The molecule has 0 saturated carbocycles. The third-order valence-electron chi connectivity index (χ3n) is 12.6. The van der Waals surface area contributed by atoms with E-state index < -0.39 is 194 Å². The smallest absolute Gasteiger partial charge is 0.389 e. The number of aromatic nitrogens is 8. The lowest BCUT2D eigenvalue weighted by molar-refractivity contribution is -0.0604. The number of nitrogens with two attached hydrogens (primary N) is 1. The van der Waals surface area contributed by atoms with E-state index in [2.05, 4.69) is 9.51 Å². The predicted molar refractivity (Wildman–Crippen MR) is 266 cm³/mol. The van der Waals surface area contributed by atoms with Gasteiger partial charge in [-0.15, -0.1) is 0 Å². The van der Waals surface area contributed by atoms with E-state index in [1.807, 2.05) is 15.0 Å². The molecule has 0 aliphatic carbocycles. The number of aromatic amines is 3. The Balaban J connectivity index is 0.966. The summed E-state index contributed by atoms with van der Waals surface area (Å²) in [6.07, 6.45) is -18.9. The summed E-state index contributed by atoms with van der Waals surface area (Å²) in [4.78, 5) is 148. The van der Waals surface area contributed by atoms with Gasteiger partial charge in [-0.2, -0.15) is 4.98 Å². The molecule has 4 aromatic rings. The van der Waals surface area contributed by atoms with Crippen molar-refractivity contribution in [2.45, 2.75) is 112 Å². The summed E-state index contributed by atoms with van der Waals surface area (Å²) in [5, 5.41) is 31.1. The molecule has 4 aliphatic heterocycles. The van der Waals surface area contributed by atoms with Crippen LogP contribution in [0.5, 0.6) is 0 Å². The normalized spacial score (nSPS) is 31.0. The molecule has 0 spiro atoms. The van der Waals surface area contributed by atoms with Crippen molar-refractivity contribution in [3.63, 3.8) is 0 Å². The number of nitrogens with one attached hydrogen (secondary N) is 3. The zero-order valence-corrected chi connectivity index (χ0v) is 45.8. The van der Waals surface area contributed by atoms with Crippen molar-refractivity contribution in [2.24, 2.45) is 0 Å². The molecule has 0 bridgehead atoms. The number of nitrogen functional groups attached to an aromatic ring is 1. The number of rotatable bonds is 22. The first-order chi connectivity index (χ1) is 37.8. The quantitative estimate of drug-likeness (QED) is 0.0333. The topological polar surface area (TPSA) is 548 Å². The van der Waals surface area contributed by atoms with Crippen LogP contribution in [0.1, 0.15) is 48.9 Å². The molecule has 0 aromatic carbocycles. The summed E-state index contributed by atoms with van der Waals surface area (Å²) in [6, 6.07) is 2.02. The molecule has 4 aliphatic rings. The molecule has 0 radical (unpaired) electrons. The number of ether oxygens (including phenoxy) is 4. The molecule has 4 saturated heterocycles. The van der Waals surface area contributed by atoms with Gasteiger partial charge in [0.1, 0.15) is 67.1 Å². The van der Waals surface area contributed by atoms with Crippen LogP contribution in [-0.2, 0) is 64.4 Å². The Kier molecular flexibility index (Phi) is 18.8. The number of hydrogen-bond acceptors (Lipinski definition) is 27. The van der Waals surface area contributed by atoms with Gasteiger partial charge in [0.05, 0.1) is 37.8 Å². The van der Waals surface area contributed by atoms with E-state index in [0.29, 0.717) is 4.57 Å². The highest BCUT2D eigenvalue weighted by Crippen LogP contribution is 2.62. The average Bonchev–Trinajstić information content (AvgIpc) is 4.04. The fourth-order valence-electron chi connectivity index (χ4n) is 8.66. The summed E-state index contributed by atoms with van der Waals surface area (Å²) in [5.74, 6) is -0.294. The van der Waals surface area contributed by atoms with Crippen molar-refractivity contribution in [2.75, 3.05) is 32.2 Å². The van der Waals surface area contributed by atoms with Crippen LogP contribution < -0.4 is 45.2 Å². The first-order valence-corrected chi connectivity index (χ1v) is 31.0. The molecule has 17 atom stereocenters. The standard InChI is InChI=1S/C38H51N9O29P4S/c1-15-9-46(37(56)42-31(15)52)25-7-17(19(71-25)11-67-77(58,59)60)75-79(63,64)69-14-22-28(50)30(34(74-22)45-5-3-23(39)40-35(45)54)81-80(65,66)70-12-20-18(8-26(72-20)47-10-16(2)32(53)43-38(47)57)76-78(61,62)68-13-21-27(49)29(51)33(73-21)44-6-4-24(48)41-36(44)55/h3-6,9-10,17-22,25-30,33-34,49-51H,7-8,11-14H2,1-2H3,(H,61,62)(H,63,64)(H,65,66)(H2,39,40,54)(H,41,48,55)(H,42,52,56)(H,43,53,57)(H2,58,59,60)/t17-,18-,19+,20+,21+,22+,25+,26+,27+,28+,29+,30+,33+,34+/m0/s1/i77+1. The molecule has 3 unspecified atom stereocenters. The Morgan fingerprint density at radius 3 is 1.58 bits per heavy atom. The van der Waals surface area contributed by atoms with Crippen LogP contribution in [0.25, 0.3) is 0 Å². The first-order valence-electron chi connectivity index (χ1n) is 23.4. The van der Waals surface area contributed by atoms with Crippen LogP contribution in [0.15, 0.2) is 70.5 Å². The van der Waals surface area contributed by atoms with Crippen molar-refractivity contribution in [1.82, 2.24) is 38.2 Å². The highest BCUT2D eigenvalue weighted by Gasteiger charge is 2.52. The van der Waals surface area contributed by atoms with E-state index in [1.54, 1.807) is 0 Å². The first kappa shape index (κ1) is 62.3. The van der Waals surface area contributed by atoms with Crippen molar-refractivity contribution >= 4 is 47.5 Å². The molecule has 13 N–H and O–H groups in total. The minimum atomic E-state index is -5.41. The lowest BCUT2D eigenvalue weighted by Crippen LogP contribution is -2.37. The maximum absolute atomic E-state index is 14.0. The number of aliphatic hydroxyl groups is 3. The Labute approximate surface area is 453 Å². The Morgan fingerprint density at radius 2 is 1.07 bits per heavy atom. The van der Waals surface area contributed by atoms with Crippen LogP contribution in [0.3, 0.4) is 0 Å². The number of anilines is 1. The van der Waals surface area contributed by atoms with Crippen molar-refractivity contribution in [3.8, 4) is 0 Å². The van der Waals surface area contributed by atoms with E-state index >= 15 is 0 Å². The van der Waals surface area contributed by atoms with Crippen LogP contribution in [-0.4, -0.2) is 165 Å². The van der Waals surface area contributed by atoms with Crippen molar-refractivity contribution in [1.29, 1.82) is 0 Å². The Bertz CT molecular complexity index is 3620. The minimum absolute atomic E-state index is 0.00228. The second-order valence-corrected chi connectivity index (χ2v) is 26.3. The summed E-state index contributed by atoms with van der Waals surface area (Å²) in [7, 11) is -16.0. The van der Waals surface area contributed by atoms with Crippen LogP contribution >= 0.6 is 41.6 Å².